The highest BCUT2D eigenvalue weighted by atomic mass is 16.5. The second-order valence-electron chi connectivity index (χ2n) is 9.91. The monoisotopic (exact) mass is 517 g/mol. The number of carbonyl (C=O) groups is 1. The zero-order valence-corrected chi connectivity index (χ0v) is 21.9. The molecular weight excluding hydrogens is 486 g/mol. The number of amides is 1. The van der Waals surface area contributed by atoms with Crippen molar-refractivity contribution in [3.8, 4) is 11.3 Å². The van der Waals surface area contributed by atoms with Crippen molar-refractivity contribution in [2.75, 3.05) is 31.1 Å². The lowest BCUT2D eigenvalue weighted by molar-refractivity contribution is -0.130. The van der Waals surface area contributed by atoms with Gasteiger partial charge in [0, 0.05) is 44.6 Å². The van der Waals surface area contributed by atoms with Crippen LogP contribution in [0.25, 0.3) is 22.4 Å². The van der Waals surface area contributed by atoms with Crippen LogP contribution in [0.15, 0.2) is 95.5 Å². The van der Waals surface area contributed by atoms with Crippen LogP contribution in [-0.2, 0) is 17.6 Å². The van der Waals surface area contributed by atoms with E-state index in [1.165, 1.54) is 5.56 Å². The maximum atomic E-state index is 13.1. The summed E-state index contributed by atoms with van der Waals surface area (Å²) in [5, 5.41) is 5.24. The van der Waals surface area contributed by atoms with Crippen LogP contribution in [0.4, 0.5) is 5.82 Å². The summed E-state index contributed by atoms with van der Waals surface area (Å²) in [5.74, 6) is 1.72. The lowest BCUT2D eigenvalue weighted by atomic mass is 10.1. The van der Waals surface area contributed by atoms with Gasteiger partial charge < -0.3 is 14.3 Å². The van der Waals surface area contributed by atoms with Crippen molar-refractivity contribution in [1.29, 1.82) is 0 Å². The molecule has 39 heavy (non-hydrogen) atoms. The summed E-state index contributed by atoms with van der Waals surface area (Å²) in [6, 6.07) is 30.4. The molecule has 0 bridgehead atoms. The van der Waals surface area contributed by atoms with Crippen LogP contribution in [0.3, 0.4) is 0 Å². The first kappa shape index (κ1) is 24.8. The van der Waals surface area contributed by atoms with Crippen molar-refractivity contribution >= 4 is 22.8 Å². The van der Waals surface area contributed by atoms with Crippen LogP contribution in [0.2, 0.25) is 0 Å². The Hall–Kier alpha value is -4.52. The fourth-order valence-corrected chi connectivity index (χ4v) is 5.19. The third kappa shape index (κ3) is 5.67. The number of nitrogens with zero attached hydrogens (tertiary/aromatic N) is 5. The first-order chi connectivity index (χ1) is 19.2. The molecule has 1 amide bonds. The molecule has 6 rings (SSSR count). The predicted molar refractivity (Wildman–Crippen MR) is 152 cm³/mol. The highest BCUT2D eigenvalue weighted by molar-refractivity contribution is 5.98. The van der Waals surface area contributed by atoms with Gasteiger partial charge in [-0.05, 0) is 24.0 Å². The van der Waals surface area contributed by atoms with E-state index in [2.05, 4.69) is 34.3 Å². The lowest BCUT2D eigenvalue weighted by Crippen LogP contribution is -2.35. The molecule has 5 aromatic rings. The molecule has 0 atom stereocenters. The number of benzene rings is 3. The van der Waals surface area contributed by atoms with E-state index in [1.807, 2.05) is 71.6 Å². The number of fused-ring (bicyclic) bond motifs is 1. The molecule has 0 aliphatic carbocycles. The second kappa shape index (κ2) is 11.5. The fraction of sp³-hybridized carbons (Fsp3) is 0.250. The topological polar surface area (TPSA) is 75.4 Å². The predicted octanol–water partition coefficient (Wildman–Crippen LogP) is 5.55. The highest BCUT2D eigenvalue weighted by Crippen LogP contribution is 2.34. The number of aryl methyl sites for hydroxylation is 1. The molecule has 0 saturated carbocycles. The van der Waals surface area contributed by atoms with Crippen LogP contribution in [-0.4, -0.2) is 52.1 Å². The Morgan fingerprint density at radius 2 is 1.46 bits per heavy atom. The third-order valence-corrected chi connectivity index (χ3v) is 7.23. The molecular formula is C32H31N5O2. The van der Waals surface area contributed by atoms with E-state index < -0.39 is 0 Å². The van der Waals surface area contributed by atoms with Gasteiger partial charge in [0.25, 0.3) is 5.71 Å². The van der Waals surface area contributed by atoms with Gasteiger partial charge in [-0.3, -0.25) is 4.79 Å². The molecule has 1 aliphatic heterocycles. The van der Waals surface area contributed by atoms with Crippen molar-refractivity contribution in [1.82, 2.24) is 20.0 Å². The van der Waals surface area contributed by atoms with Gasteiger partial charge >= 0.3 is 0 Å². The van der Waals surface area contributed by atoms with Crippen LogP contribution < -0.4 is 4.90 Å². The van der Waals surface area contributed by atoms with E-state index in [-0.39, 0.29) is 5.91 Å². The highest BCUT2D eigenvalue weighted by Gasteiger charge is 2.26. The molecule has 2 aromatic heterocycles. The van der Waals surface area contributed by atoms with Crippen molar-refractivity contribution < 1.29 is 9.32 Å². The van der Waals surface area contributed by atoms with Gasteiger partial charge in [0.2, 0.25) is 5.91 Å². The van der Waals surface area contributed by atoms with Crippen molar-refractivity contribution in [3.05, 3.63) is 108 Å². The van der Waals surface area contributed by atoms with Gasteiger partial charge in [0.1, 0.15) is 22.7 Å². The number of rotatable bonds is 7. The van der Waals surface area contributed by atoms with E-state index >= 15 is 0 Å². The summed E-state index contributed by atoms with van der Waals surface area (Å²) >= 11 is 0. The SMILES string of the molecule is O=C(CCc1ccccc1)N1CCCN(c2nc(Cc3ccccc3)nc3onc(-c4ccccc4)c23)CC1. The standard InChI is InChI=1S/C32H31N5O2/c38-28(18-17-24-11-4-1-5-12-24)36-19-10-20-37(22-21-36)31-29-30(26-15-8-3-9-16-26)35-39-32(29)34-27(33-31)23-25-13-6-2-7-14-25/h1-9,11-16H,10,17-23H2. The van der Waals surface area contributed by atoms with Crippen LogP contribution in [0.1, 0.15) is 29.8 Å². The zero-order chi connectivity index (χ0) is 26.4. The molecule has 7 nitrogen and oxygen atoms in total. The summed E-state index contributed by atoms with van der Waals surface area (Å²) in [4.78, 5) is 27.2. The Balaban J connectivity index is 1.28. The quantitative estimate of drug-likeness (QED) is 0.282. The summed E-state index contributed by atoms with van der Waals surface area (Å²) < 4.78 is 5.79. The van der Waals surface area contributed by atoms with E-state index in [0.717, 1.165) is 54.0 Å². The van der Waals surface area contributed by atoms with Crippen LogP contribution >= 0.6 is 0 Å². The summed E-state index contributed by atoms with van der Waals surface area (Å²) in [5.41, 5.74) is 4.52. The number of carbonyl (C=O) groups excluding carboxylic acids is 1. The molecule has 196 valence electrons. The van der Waals surface area contributed by atoms with Gasteiger partial charge in [-0.15, -0.1) is 0 Å². The van der Waals surface area contributed by atoms with Gasteiger partial charge in [-0.25, -0.2) is 4.98 Å². The molecule has 7 heteroatoms. The number of hydrogen-bond donors (Lipinski definition) is 0. The number of aromatic nitrogens is 3. The Kier molecular flexibility index (Phi) is 7.30. The molecule has 3 aromatic carbocycles. The smallest absolute Gasteiger partial charge is 0.263 e. The summed E-state index contributed by atoms with van der Waals surface area (Å²) in [6.07, 6.45) is 2.74. The maximum Gasteiger partial charge on any atom is 0.263 e. The average Bonchev–Trinajstić information content (AvgIpc) is 3.26. The minimum atomic E-state index is 0.202. The Labute approximate surface area is 228 Å². The first-order valence-corrected chi connectivity index (χ1v) is 13.6. The second-order valence-corrected chi connectivity index (χ2v) is 9.91. The molecule has 0 radical (unpaired) electrons. The summed E-state index contributed by atoms with van der Waals surface area (Å²) in [7, 11) is 0. The molecule has 3 heterocycles. The minimum absolute atomic E-state index is 0.202. The zero-order valence-electron chi connectivity index (χ0n) is 21.9. The van der Waals surface area contributed by atoms with Crippen LogP contribution in [0.5, 0.6) is 0 Å². The normalized spacial score (nSPS) is 13.9. The molecule has 1 saturated heterocycles. The Bertz CT molecular complexity index is 1540. The van der Waals surface area contributed by atoms with Gasteiger partial charge in [-0.1, -0.05) is 96.2 Å². The van der Waals surface area contributed by atoms with Crippen LogP contribution in [0, 0.1) is 0 Å². The largest absolute Gasteiger partial charge is 0.354 e. The van der Waals surface area contributed by atoms with Gasteiger partial charge in [0.15, 0.2) is 0 Å². The van der Waals surface area contributed by atoms with Gasteiger partial charge in [0.05, 0.1) is 0 Å². The molecule has 0 N–H and O–H groups in total. The maximum absolute atomic E-state index is 13.1. The first-order valence-electron chi connectivity index (χ1n) is 13.6. The number of hydrogen-bond acceptors (Lipinski definition) is 6. The number of anilines is 1. The lowest BCUT2D eigenvalue weighted by Gasteiger charge is -2.24. The molecule has 0 unspecified atom stereocenters. The summed E-state index contributed by atoms with van der Waals surface area (Å²) in [6.45, 7) is 2.87. The molecule has 1 aliphatic rings. The van der Waals surface area contributed by atoms with Crippen molar-refractivity contribution in [2.45, 2.75) is 25.7 Å². The minimum Gasteiger partial charge on any atom is -0.354 e. The van der Waals surface area contributed by atoms with E-state index in [4.69, 9.17) is 14.5 Å². The molecule has 0 spiro atoms. The van der Waals surface area contributed by atoms with E-state index in [9.17, 15) is 4.79 Å². The van der Waals surface area contributed by atoms with Crippen molar-refractivity contribution in [2.24, 2.45) is 0 Å². The fourth-order valence-electron chi connectivity index (χ4n) is 5.19. The van der Waals surface area contributed by atoms with Gasteiger partial charge in [-0.2, -0.15) is 4.98 Å². The van der Waals surface area contributed by atoms with Crippen molar-refractivity contribution in [3.63, 3.8) is 0 Å². The third-order valence-electron chi connectivity index (χ3n) is 7.23. The van der Waals surface area contributed by atoms with E-state index in [1.54, 1.807) is 0 Å². The Morgan fingerprint density at radius 1 is 0.769 bits per heavy atom. The molecule has 1 fully saturated rings. The Morgan fingerprint density at radius 3 is 2.21 bits per heavy atom. The average molecular weight is 518 g/mol. The van der Waals surface area contributed by atoms with E-state index in [0.29, 0.717) is 37.5 Å².